The zero-order chi connectivity index (χ0) is 12.6. The second-order valence-electron chi connectivity index (χ2n) is 5.03. The number of rotatable bonds is 7. The van der Waals surface area contributed by atoms with Crippen LogP contribution in [0.2, 0.25) is 0 Å². The summed E-state index contributed by atoms with van der Waals surface area (Å²) in [7, 11) is 0. The number of aromatic nitrogens is 1. The van der Waals surface area contributed by atoms with Gasteiger partial charge in [-0.1, -0.05) is 26.2 Å². The molecule has 102 valence electrons. The number of thiazole rings is 1. The number of hydrogen-bond acceptors (Lipinski definition) is 4. The zero-order valence-electron chi connectivity index (χ0n) is 11.3. The van der Waals surface area contributed by atoms with Crippen molar-refractivity contribution < 1.29 is 4.74 Å². The molecule has 0 saturated heterocycles. The highest BCUT2D eigenvalue weighted by molar-refractivity contribution is 7.09. The number of ether oxygens (including phenoxy) is 1. The van der Waals surface area contributed by atoms with Gasteiger partial charge in [0.25, 0.3) is 0 Å². The molecular formula is C14H24N2OS. The van der Waals surface area contributed by atoms with Gasteiger partial charge < -0.3 is 10.1 Å². The Bertz CT molecular complexity index is 334. The molecule has 1 saturated carbocycles. The van der Waals surface area contributed by atoms with Crippen LogP contribution >= 0.6 is 11.3 Å². The monoisotopic (exact) mass is 268 g/mol. The van der Waals surface area contributed by atoms with Crippen molar-refractivity contribution in [3.63, 3.8) is 0 Å². The number of nitrogens with zero attached hydrogens (tertiary/aromatic N) is 1. The van der Waals surface area contributed by atoms with E-state index in [9.17, 15) is 0 Å². The van der Waals surface area contributed by atoms with Crippen LogP contribution in [0.25, 0.3) is 0 Å². The molecule has 0 amide bonds. The second kappa shape index (κ2) is 7.87. The predicted molar refractivity (Wildman–Crippen MR) is 75.7 cm³/mol. The van der Waals surface area contributed by atoms with E-state index >= 15 is 0 Å². The molecule has 0 radical (unpaired) electrons. The van der Waals surface area contributed by atoms with E-state index < -0.39 is 0 Å². The van der Waals surface area contributed by atoms with Crippen molar-refractivity contribution in [2.75, 3.05) is 13.2 Å². The summed E-state index contributed by atoms with van der Waals surface area (Å²) in [4.78, 5) is 4.56. The van der Waals surface area contributed by atoms with Gasteiger partial charge in [-0.3, -0.25) is 0 Å². The van der Waals surface area contributed by atoms with Crippen LogP contribution in [0, 0.1) is 5.92 Å². The molecule has 1 aromatic rings. The van der Waals surface area contributed by atoms with Crippen molar-refractivity contribution in [3.05, 3.63) is 16.1 Å². The summed E-state index contributed by atoms with van der Waals surface area (Å²) < 4.78 is 5.80. The predicted octanol–water partition coefficient (Wildman–Crippen LogP) is 3.35. The topological polar surface area (TPSA) is 34.2 Å². The Morgan fingerprint density at radius 2 is 2.22 bits per heavy atom. The largest absolute Gasteiger partial charge is 0.375 e. The van der Waals surface area contributed by atoms with Gasteiger partial charge in [0, 0.05) is 18.5 Å². The van der Waals surface area contributed by atoms with Crippen LogP contribution in [-0.2, 0) is 17.9 Å². The van der Waals surface area contributed by atoms with Gasteiger partial charge in [0.15, 0.2) is 0 Å². The normalized spacial score (nSPS) is 17.2. The van der Waals surface area contributed by atoms with E-state index in [1.165, 1.54) is 32.1 Å². The number of nitrogens with one attached hydrogen (secondary N) is 1. The first kappa shape index (κ1) is 14.0. The molecule has 0 unspecified atom stereocenters. The third kappa shape index (κ3) is 4.67. The fourth-order valence-electron chi connectivity index (χ4n) is 2.41. The number of hydrogen-bond donors (Lipinski definition) is 1. The van der Waals surface area contributed by atoms with Crippen molar-refractivity contribution in [1.82, 2.24) is 10.3 Å². The average molecular weight is 268 g/mol. The summed E-state index contributed by atoms with van der Waals surface area (Å²) in [6, 6.07) is 0. The van der Waals surface area contributed by atoms with E-state index in [4.69, 9.17) is 4.74 Å². The summed E-state index contributed by atoms with van der Waals surface area (Å²) in [5, 5.41) is 6.57. The Labute approximate surface area is 114 Å². The molecule has 1 aliphatic carbocycles. The summed E-state index contributed by atoms with van der Waals surface area (Å²) in [5.74, 6) is 0.790. The van der Waals surface area contributed by atoms with Gasteiger partial charge in [0.05, 0.1) is 12.3 Å². The third-order valence-corrected chi connectivity index (χ3v) is 4.35. The van der Waals surface area contributed by atoms with Crippen LogP contribution in [0.3, 0.4) is 0 Å². The summed E-state index contributed by atoms with van der Waals surface area (Å²) in [6.45, 7) is 5.58. The second-order valence-corrected chi connectivity index (χ2v) is 5.97. The van der Waals surface area contributed by atoms with Crippen molar-refractivity contribution >= 4 is 11.3 Å². The summed E-state index contributed by atoms with van der Waals surface area (Å²) in [6.07, 6.45) is 6.89. The first-order valence-corrected chi connectivity index (χ1v) is 7.98. The van der Waals surface area contributed by atoms with Crippen LogP contribution in [-0.4, -0.2) is 18.1 Å². The van der Waals surface area contributed by atoms with Crippen LogP contribution in [0.5, 0.6) is 0 Å². The standard InChI is InChI=1S/C14H24N2OS/c1-2-15-8-14-16-13(11-18-14)10-17-9-12-6-4-3-5-7-12/h11-12,15H,2-10H2,1H3. The van der Waals surface area contributed by atoms with Gasteiger partial charge in [-0.2, -0.15) is 0 Å². The highest BCUT2D eigenvalue weighted by Crippen LogP contribution is 2.24. The Morgan fingerprint density at radius 3 is 3.00 bits per heavy atom. The van der Waals surface area contributed by atoms with Crippen LogP contribution < -0.4 is 5.32 Å². The zero-order valence-corrected chi connectivity index (χ0v) is 12.1. The van der Waals surface area contributed by atoms with Gasteiger partial charge in [-0.05, 0) is 25.3 Å². The lowest BCUT2D eigenvalue weighted by molar-refractivity contribution is 0.0722. The fourth-order valence-corrected chi connectivity index (χ4v) is 3.16. The van der Waals surface area contributed by atoms with E-state index in [0.29, 0.717) is 6.61 Å². The lowest BCUT2D eigenvalue weighted by Crippen LogP contribution is -2.13. The van der Waals surface area contributed by atoms with Crippen molar-refractivity contribution in [2.24, 2.45) is 5.92 Å². The molecule has 0 bridgehead atoms. The Morgan fingerprint density at radius 1 is 1.39 bits per heavy atom. The SMILES string of the molecule is CCNCc1nc(COCC2CCCCC2)cs1. The van der Waals surface area contributed by atoms with E-state index in [2.05, 4.69) is 22.6 Å². The maximum absolute atomic E-state index is 5.80. The van der Waals surface area contributed by atoms with Crippen LogP contribution in [0.1, 0.15) is 49.7 Å². The van der Waals surface area contributed by atoms with E-state index in [-0.39, 0.29) is 0 Å². The minimum atomic E-state index is 0.680. The van der Waals surface area contributed by atoms with Gasteiger partial charge in [-0.15, -0.1) is 11.3 Å². The fraction of sp³-hybridized carbons (Fsp3) is 0.786. The summed E-state index contributed by atoms with van der Waals surface area (Å²) in [5.41, 5.74) is 1.09. The maximum Gasteiger partial charge on any atom is 0.107 e. The maximum atomic E-state index is 5.80. The lowest BCUT2D eigenvalue weighted by atomic mass is 9.90. The first-order valence-electron chi connectivity index (χ1n) is 7.10. The van der Waals surface area contributed by atoms with Crippen LogP contribution in [0.4, 0.5) is 0 Å². The Kier molecular flexibility index (Phi) is 6.11. The molecule has 0 aromatic carbocycles. The van der Waals surface area contributed by atoms with E-state index in [1.807, 2.05) is 0 Å². The highest BCUT2D eigenvalue weighted by Gasteiger charge is 2.13. The molecule has 1 heterocycles. The minimum Gasteiger partial charge on any atom is -0.375 e. The van der Waals surface area contributed by atoms with E-state index in [1.54, 1.807) is 11.3 Å². The van der Waals surface area contributed by atoms with Crippen LogP contribution in [0.15, 0.2) is 5.38 Å². The van der Waals surface area contributed by atoms with Gasteiger partial charge >= 0.3 is 0 Å². The van der Waals surface area contributed by atoms with Crippen molar-refractivity contribution in [3.8, 4) is 0 Å². The van der Waals surface area contributed by atoms with Crippen molar-refractivity contribution in [2.45, 2.75) is 52.2 Å². The Balaban J connectivity index is 1.64. The molecule has 0 spiro atoms. The molecule has 3 nitrogen and oxygen atoms in total. The Hall–Kier alpha value is -0.450. The van der Waals surface area contributed by atoms with Gasteiger partial charge in [0.1, 0.15) is 5.01 Å². The molecule has 0 atom stereocenters. The quantitative estimate of drug-likeness (QED) is 0.823. The smallest absolute Gasteiger partial charge is 0.107 e. The first-order chi connectivity index (χ1) is 8.88. The molecule has 18 heavy (non-hydrogen) atoms. The van der Waals surface area contributed by atoms with Crippen molar-refractivity contribution in [1.29, 1.82) is 0 Å². The minimum absolute atomic E-state index is 0.680. The summed E-state index contributed by atoms with van der Waals surface area (Å²) >= 11 is 1.72. The molecular weight excluding hydrogens is 244 g/mol. The molecule has 1 aliphatic rings. The molecule has 1 N–H and O–H groups in total. The molecule has 2 rings (SSSR count). The average Bonchev–Trinajstić information content (AvgIpc) is 2.85. The van der Waals surface area contributed by atoms with Gasteiger partial charge in [-0.25, -0.2) is 4.98 Å². The highest BCUT2D eigenvalue weighted by atomic mass is 32.1. The lowest BCUT2D eigenvalue weighted by Gasteiger charge is -2.20. The molecule has 4 heteroatoms. The van der Waals surface area contributed by atoms with E-state index in [0.717, 1.165) is 36.3 Å². The molecule has 1 aromatic heterocycles. The van der Waals surface area contributed by atoms with Gasteiger partial charge in [0.2, 0.25) is 0 Å². The molecule has 1 fully saturated rings. The third-order valence-electron chi connectivity index (χ3n) is 3.45. The molecule has 0 aliphatic heterocycles.